The van der Waals surface area contributed by atoms with Crippen LogP contribution in [0.3, 0.4) is 0 Å². The summed E-state index contributed by atoms with van der Waals surface area (Å²) in [4.78, 5) is 16.2. The molecule has 6 nitrogen and oxygen atoms in total. The fourth-order valence-corrected chi connectivity index (χ4v) is 3.64. The van der Waals surface area contributed by atoms with Gasteiger partial charge in [-0.1, -0.05) is 18.2 Å². The van der Waals surface area contributed by atoms with Crippen LogP contribution < -0.4 is 9.64 Å². The van der Waals surface area contributed by atoms with Crippen molar-refractivity contribution in [1.82, 2.24) is 15.1 Å². The number of para-hydroxylation sites is 1. The van der Waals surface area contributed by atoms with Crippen LogP contribution in [0.2, 0.25) is 0 Å². The van der Waals surface area contributed by atoms with Crippen molar-refractivity contribution in [2.45, 2.75) is 6.18 Å². The molecule has 0 N–H and O–H groups in total. The van der Waals surface area contributed by atoms with Crippen molar-refractivity contribution >= 4 is 11.7 Å². The monoisotopic (exact) mass is 442 g/mol. The lowest BCUT2D eigenvalue weighted by atomic mass is 10.1. The van der Waals surface area contributed by atoms with Crippen LogP contribution in [-0.2, 0) is 6.18 Å². The third kappa shape index (κ3) is 4.51. The second-order valence-electron chi connectivity index (χ2n) is 7.33. The molecule has 2 aromatic carbocycles. The molecule has 2 heterocycles. The molecule has 0 bridgehead atoms. The van der Waals surface area contributed by atoms with Gasteiger partial charge in [-0.25, -0.2) is 0 Å². The van der Waals surface area contributed by atoms with Crippen molar-refractivity contribution < 1.29 is 22.7 Å². The number of ether oxygens (including phenoxy) is 1. The lowest BCUT2D eigenvalue weighted by Crippen LogP contribution is -2.49. The molecular formula is C23H21F3N4O2. The van der Waals surface area contributed by atoms with E-state index >= 15 is 0 Å². The number of rotatable bonds is 4. The van der Waals surface area contributed by atoms with Crippen molar-refractivity contribution in [3.8, 4) is 17.0 Å². The Bertz CT molecular complexity index is 1090. The van der Waals surface area contributed by atoms with E-state index in [1.807, 2.05) is 41.3 Å². The number of methoxy groups -OCH3 is 1. The minimum atomic E-state index is -4.48. The molecule has 4 rings (SSSR count). The number of piperazine rings is 1. The molecule has 32 heavy (non-hydrogen) atoms. The van der Waals surface area contributed by atoms with Gasteiger partial charge in [0, 0.05) is 37.3 Å². The second-order valence-corrected chi connectivity index (χ2v) is 7.33. The molecule has 1 aliphatic heterocycles. The van der Waals surface area contributed by atoms with Crippen molar-refractivity contribution in [3.63, 3.8) is 0 Å². The average molecular weight is 442 g/mol. The summed E-state index contributed by atoms with van der Waals surface area (Å²) in [5, 5.41) is 8.62. The SMILES string of the molecule is COc1ccccc1-c1ccc(N2CCN(C(=O)c3cccc(C(F)(F)F)c3)CC2)nn1. The highest BCUT2D eigenvalue weighted by Gasteiger charge is 2.31. The number of benzene rings is 2. The van der Waals surface area contributed by atoms with Gasteiger partial charge in [-0.15, -0.1) is 10.2 Å². The first kappa shape index (κ1) is 21.6. The van der Waals surface area contributed by atoms with Gasteiger partial charge >= 0.3 is 6.18 Å². The summed E-state index contributed by atoms with van der Waals surface area (Å²) in [6.07, 6.45) is -4.48. The minimum absolute atomic E-state index is 0.0363. The Labute approximate surface area is 183 Å². The molecule has 0 spiro atoms. The van der Waals surface area contributed by atoms with Gasteiger partial charge in [0.15, 0.2) is 5.82 Å². The number of nitrogens with zero attached hydrogens (tertiary/aromatic N) is 4. The molecule has 0 atom stereocenters. The van der Waals surface area contributed by atoms with Gasteiger partial charge in [0.25, 0.3) is 5.91 Å². The number of carbonyl (C=O) groups is 1. The Balaban J connectivity index is 1.41. The number of carbonyl (C=O) groups excluding carboxylic acids is 1. The van der Waals surface area contributed by atoms with Crippen LogP contribution in [0.1, 0.15) is 15.9 Å². The number of halogens is 3. The van der Waals surface area contributed by atoms with E-state index in [9.17, 15) is 18.0 Å². The highest BCUT2D eigenvalue weighted by atomic mass is 19.4. The Morgan fingerprint density at radius 2 is 1.69 bits per heavy atom. The quantitative estimate of drug-likeness (QED) is 0.608. The zero-order chi connectivity index (χ0) is 22.7. The molecule has 1 aromatic heterocycles. The summed E-state index contributed by atoms with van der Waals surface area (Å²) in [5.74, 6) is 0.972. The summed E-state index contributed by atoms with van der Waals surface area (Å²) in [6, 6.07) is 15.8. The van der Waals surface area contributed by atoms with Crippen molar-refractivity contribution in [2.24, 2.45) is 0 Å². The zero-order valence-corrected chi connectivity index (χ0v) is 17.3. The molecule has 166 valence electrons. The van der Waals surface area contributed by atoms with E-state index in [2.05, 4.69) is 10.2 Å². The van der Waals surface area contributed by atoms with E-state index in [0.717, 1.165) is 17.7 Å². The van der Waals surface area contributed by atoms with Gasteiger partial charge in [-0.05, 0) is 42.5 Å². The van der Waals surface area contributed by atoms with E-state index in [1.165, 1.54) is 12.1 Å². The van der Waals surface area contributed by atoms with E-state index in [1.54, 1.807) is 12.0 Å². The number of amides is 1. The molecule has 1 amide bonds. The maximum Gasteiger partial charge on any atom is 0.416 e. The topological polar surface area (TPSA) is 58.6 Å². The highest BCUT2D eigenvalue weighted by Crippen LogP contribution is 2.30. The summed E-state index contributed by atoms with van der Waals surface area (Å²) < 4.78 is 44.2. The summed E-state index contributed by atoms with van der Waals surface area (Å²) >= 11 is 0. The van der Waals surface area contributed by atoms with E-state index in [4.69, 9.17) is 4.74 Å². The van der Waals surface area contributed by atoms with Gasteiger partial charge < -0.3 is 14.5 Å². The smallest absolute Gasteiger partial charge is 0.416 e. The largest absolute Gasteiger partial charge is 0.496 e. The maximum absolute atomic E-state index is 12.9. The van der Waals surface area contributed by atoms with E-state index < -0.39 is 17.6 Å². The molecule has 0 saturated carbocycles. The maximum atomic E-state index is 12.9. The fourth-order valence-electron chi connectivity index (χ4n) is 3.64. The Morgan fingerprint density at radius 1 is 0.938 bits per heavy atom. The van der Waals surface area contributed by atoms with Gasteiger partial charge in [-0.3, -0.25) is 4.79 Å². The van der Waals surface area contributed by atoms with Crippen LogP contribution in [0.5, 0.6) is 5.75 Å². The molecular weight excluding hydrogens is 421 g/mol. The van der Waals surface area contributed by atoms with Crippen LogP contribution in [0, 0.1) is 0 Å². The van der Waals surface area contributed by atoms with Crippen molar-refractivity contribution in [1.29, 1.82) is 0 Å². The van der Waals surface area contributed by atoms with Gasteiger partial charge in [-0.2, -0.15) is 13.2 Å². The molecule has 1 saturated heterocycles. The first-order valence-electron chi connectivity index (χ1n) is 10.1. The number of aromatic nitrogens is 2. The van der Waals surface area contributed by atoms with Crippen LogP contribution in [0.15, 0.2) is 60.7 Å². The predicted molar refractivity (Wildman–Crippen MR) is 114 cm³/mol. The van der Waals surface area contributed by atoms with Gasteiger partial charge in [0.1, 0.15) is 5.75 Å². The van der Waals surface area contributed by atoms with Crippen LogP contribution in [0.4, 0.5) is 19.0 Å². The summed E-state index contributed by atoms with van der Waals surface area (Å²) in [7, 11) is 1.60. The third-order valence-electron chi connectivity index (χ3n) is 5.36. The number of hydrogen-bond acceptors (Lipinski definition) is 5. The standard InChI is InChI=1S/C23H21F3N4O2/c1-32-20-8-3-2-7-18(20)19-9-10-21(28-27-19)29-11-13-30(14-12-29)22(31)16-5-4-6-17(15-16)23(24,25)26/h2-10,15H,11-14H2,1H3. The van der Waals surface area contributed by atoms with Crippen molar-refractivity contribution in [3.05, 3.63) is 71.8 Å². The van der Waals surface area contributed by atoms with E-state index in [-0.39, 0.29) is 5.56 Å². The molecule has 3 aromatic rings. The molecule has 1 fully saturated rings. The molecule has 1 aliphatic rings. The number of hydrogen-bond donors (Lipinski definition) is 0. The predicted octanol–water partition coefficient (Wildman–Crippen LogP) is 4.13. The first-order valence-corrected chi connectivity index (χ1v) is 10.1. The Hall–Kier alpha value is -3.62. The van der Waals surface area contributed by atoms with E-state index in [0.29, 0.717) is 43.4 Å². The molecule has 0 unspecified atom stereocenters. The number of anilines is 1. The normalized spacial score (nSPS) is 14.4. The van der Waals surface area contributed by atoms with Crippen LogP contribution in [-0.4, -0.2) is 54.3 Å². The Kier molecular flexibility index (Phi) is 5.98. The van der Waals surface area contributed by atoms with Crippen LogP contribution >= 0.6 is 0 Å². The number of alkyl halides is 3. The second kappa shape index (κ2) is 8.86. The minimum Gasteiger partial charge on any atom is -0.496 e. The van der Waals surface area contributed by atoms with Gasteiger partial charge in [0.2, 0.25) is 0 Å². The average Bonchev–Trinajstić information content (AvgIpc) is 2.83. The fraction of sp³-hybridized carbons (Fsp3) is 0.261. The third-order valence-corrected chi connectivity index (χ3v) is 5.36. The molecule has 9 heteroatoms. The highest BCUT2D eigenvalue weighted by molar-refractivity contribution is 5.94. The first-order chi connectivity index (χ1) is 15.4. The lowest BCUT2D eigenvalue weighted by Gasteiger charge is -2.35. The Morgan fingerprint density at radius 3 is 2.34 bits per heavy atom. The molecule has 0 aliphatic carbocycles. The summed E-state index contributed by atoms with van der Waals surface area (Å²) in [6.45, 7) is 1.77. The van der Waals surface area contributed by atoms with Crippen LogP contribution in [0.25, 0.3) is 11.3 Å². The molecule has 0 radical (unpaired) electrons. The van der Waals surface area contributed by atoms with Crippen molar-refractivity contribution in [2.75, 3.05) is 38.2 Å². The summed E-state index contributed by atoms with van der Waals surface area (Å²) in [5.41, 5.74) is 0.733. The lowest BCUT2D eigenvalue weighted by molar-refractivity contribution is -0.137. The van der Waals surface area contributed by atoms with Gasteiger partial charge in [0.05, 0.1) is 18.4 Å². The zero-order valence-electron chi connectivity index (χ0n) is 17.3.